The van der Waals surface area contributed by atoms with Crippen LogP contribution in [0.5, 0.6) is 0 Å². The fourth-order valence-electron chi connectivity index (χ4n) is 3.52. The van der Waals surface area contributed by atoms with Crippen LogP contribution in [0.1, 0.15) is 39.0 Å². The van der Waals surface area contributed by atoms with Gasteiger partial charge < -0.3 is 9.64 Å². The number of hydrogen-bond donors (Lipinski definition) is 0. The molecule has 3 nitrogen and oxygen atoms in total. The van der Waals surface area contributed by atoms with Crippen LogP contribution >= 0.6 is 0 Å². The number of hydrogen-bond acceptors (Lipinski definition) is 3. The van der Waals surface area contributed by atoms with Crippen LogP contribution in [-0.4, -0.2) is 61.3 Å². The summed E-state index contributed by atoms with van der Waals surface area (Å²) in [4.78, 5) is 5.28. The second-order valence-corrected chi connectivity index (χ2v) is 6.52. The molecular formula is C15H28N2O. The van der Waals surface area contributed by atoms with E-state index in [0.29, 0.717) is 6.10 Å². The van der Waals surface area contributed by atoms with Crippen LogP contribution in [0.3, 0.4) is 0 Å². The first-order valence-electron chi connectivity index (χ1n) is 7.83. The molecule has 2 unspecified atom stereocenters. The minimum absolute atomic E-state index is 0.525. The summed E-state index contributed by atoms with van der Waals surface area (Å²) in [6.07, 6.45) is 7.35. The van der Waals surface area contributed by atoms with E-state index in [9.17, 15) is 0 Å². The zero-order chi connectivity index (χ0) is 12.5. The second kappa shape index (κ2) is 5.48. The average Bonchev–Trinajstić information content (AvgIpc) is 3.14. The first-order chi connectivity index (χ1) is 8.78. The van der Waals surface area contributed by atoms with Gasteiger partial charge in [0.05, 0.1) is 18.8 Å². The van der Waals surface area contributed by atoms with Crippen molar-refractivity contribution in [1.82, 2.24) is 9.80 Å². The van der Waals surface area contributed by atoms with E-state index in [-0.39, 0.29) is 0 Å². The van der Waals surface area contributed by atoms with Gasteiger partial charge in [-0.3, -0.25) is 4.90 Å². The van der Waals surface area contributed by atoms with Gasteiger partial charge in [-0.25, -0.2) is 0 Å². The maximum absolute atomic E-state index is 5.71. The molecule has 3 rings (SSSR count). The van der Waals surface area contributed by atoms with Crippen molar-refractivity contribution >= 4 is 0 Å². The van der Waals surface area contributed by atoms with Gasteiger partial charge >= 0.3 is 0 Å². The van der Waals surface area contributed by atoms with E-state index in [1.807, 2.05) is 0 Å². The van der Waals surface area contributed by atoms with Crippen molar-refractivity contribution in [2.75, 3.05) is 33.3 Å². The van der Waals surface area contributed by atoms with Crippen LogP contribution in [0.25, 0.3) is 0 Å². The molecule has 3 aliphatic rings. The monoisotopic (exact) mass is 252 g/mol. The largest absolute Gasteiger partial charge is 0.375 e. The third kappa shape index (κ3) is 2.73. The lowest BCUT2D eigenvalue weighted by Crippen LogP contribution is -2.58. The van der Waals surface area contributed by atoms with Crippen LogP contribution < -0.4 is 0 Å². The molecule has 2 heterocycles. The number of piperidine rings is 1. The summed E-state index contributed by atoms with van der Waals surface area (Å²) in [5, 5.41) is 0. The molecule has 104 valence electrons. The molecule has 0 radical (unpaired) electrons. The molecule has 2 atom stereocenters. The fourth-order valence-corrected chi connectivity index (χ4v) is 3.52. The van der Waals surface area contributed by atoms with Gasteiger partial charge in [-0.1, -0.05) is 6.92 Å². The second-order valence-electron chi connectivity index (χ2n) is 6.52. The van der Waals surface area contributed by atoms with Crippen molar-refractivity contribution in [2.24, 2.45) is 5.92 Å². The van der Waals surface area contributed by atoms with E-state index in [1.165, 1.54) is 51.7 Å². The molecular weight excluding hydrogens is 224 g/mol. The number of ether oxygens (including phenoxy) is 1. The van der Waals surface area contributed by atoms with Gasteiger partial charge in [0.1, 0.15) is 0 Å². The third-order valence-electron chi connectivity index (χ3n) is 5.06. The fraction of sp³-hybridized carbons (Fsp3) is 1.00. The molecule has 0 aromatic rings. The zero-order valence-corrected chi connectivity index (χ0v) is 12.0. The van der Waals surface area contributed by atoms with Crippen molar-refractivity contribution < 1.29 is 4.74 Å². The highest BCUT2D eigenvalue weighted by Gasteiger charge is 2.43. The summed E-state index contributed by atoms with van der Waals surface area (Å²) in [6.45, 7) is 7.17. The van der Waals surface area contributed by atoms with Crippen molar-refractivity contribution in [3.8, 4) is 0 Å². The van der Waals surface area contributed by atoms with Crippen LogP contribution in [0.4, 0.5) is 0 Å². The molecule has 0 N–H and O–H groups in total. The van der Waals surface area contributed by atoms with E-state index in [4.69, 9.17) is 4.74 Å². The molecule has 2 aliphatic heterocycles. The van der Waals surface area contributed by atoms with E-state index in [0.717, 1.165) is 24.6 Å². The van der Waals surface area contributed by atoms with Gasteiger partial charge in [-0.15, -0.1) is 0 Å². The lowest BCUT2D eigenvalue weighted by Gasteiger charge is -2.46. The summed E-state index contributed by atoms with van der Waals surface area (Å²) in [5.74, 6) is 0.930. The first-order valence-corrected chi connectivity index (χ1v) is 7.83. The normalized spacial score (nSPS) is 34.8. The molecule has 18 heavy (non-hydrogen) atoms. The van der Waals surface area contributed by atoms with E-state index < -0.39 is 0 Å². The minimum Gasteiger partial charge on any atom is -0.375 e. The molecule has 0 bridgehead atoms. The predicted molar refractivity (Wildman–Crippen MR) is 73.8 cm³/mol. The molecule has 2 saturated heterocycles. The van der Waals surface area contributed by atoms with E-state index in [1.54, 1.807) is 0 Å². The van der Waals surface area contributed by atoms with Crippen LogP contribution in [0.2, 0.25) is 0 Å². The maximum Gasteiger partial charge on any atom is 0.0751 e. The average molecular weight is 252 g/mol. The molecule has 0 aromatic heterocycles. The highest BCUT2D eigenvalue weighted by molar-refractivity contribution is 4.96. The highest BCUT2D eigenvalue weighted by atomic mass is 16.5. The Hall–Kier alpha value is -0.120. The van der Waals surface area contributed by atoms with E-state index >= 15 is 0 Å². The highest BCUT2D eigenvalue weighted by Crippen LogP contribution is 2.35. The topological polar surface area (TPSA) is 15.7 Å². The number of nitrogens with zero attached hydrogens (tertiary/aromatic N) is 2. The van der Waals surface area contributed by atoms with Crippen molar-refractivity contribution in [3.05, 3.63) is 0 Å². The summed E-state index contributed by atoms with van der Waals surface area (Å²) >= 11 is 0. The van der Waals surface area contributed by atoms with Crippen molar-refractivity contribution in [2.45, 2.75) is 57.2 Å². The summed E-state index contributed by atoms with van der Waals surface area (Å²) in [5.41, 5.74) is 0. The smallest absolute Gasteiger partial charge is 0.0751 e. The Kier molecular flexibility index (Phi) is 3.92. The quantitative estimate of drug-likeness (QED) is 0.744. The Bertz CT molecular complexity index is 270. The summed E-state index contributed by atoms with van der Waals surface area (Å²) in [7, 11) is 2.25. The molecule has 1 aliphatic carbocycles. The molecule has 1 saturated carbocycles. The molecule has 0 amide bonds. The molecule has 0 spiro atoms. The maximum atomic E-state index is 5.71. The lowest BCUT2D eigenvalue weighted by atomic mass is 9.94. The number of likely N-dealkylation sites (tertiary alicyclic amines) is 1. The Morgan fingerprint density at radius 3 is 2.39 bits per heavy atom. The third-order valence-corrected chi connectivity index (χ3v) is 5.06. The molecule has 0 aromatic carbocycles. The van der Waals surface area contributed by atoms with Crippen LogP contribution in [0, 0.1) is 5.92 Å². The SMILES string of the molecule is CCC1OCC1N(CC1CCN(C)CC1)C1CC1. The predicted octanol–water partition coefficient (Wildman–Crippen LogP) is 1.97. The van der Waals surface area contributed by atoms with Crippen molar-refractivity contribution in [3.63, 3.8) is 0 Å². The van der Waals surface area contributed by atoms with Gasteiger partial charge in [-0.05, 0) is 58.2 Å². The Morgan fingerprint density at radius 1 is 1.17 bits per heavy atom. The lowest BCUT2D eigenvalue weighted by molar-refractivity contribution is -0.141. The van der Waals surface area contributed by atoms with E-state index in [2.05, 4.69) is 23.8 Å². The summed E-state index contributed by atoms with van der Waals surface area (Å²) in [6, 6.07) is 1.63. The van der Waals surface area contributed by atoms with Crippen molar-refractivity contribution in [1.29, 1.82) is 0 Å². The van der Waals surface area contributed by atoms with Gasteiger partial charge in [0.25, 0.3) is 0 Å². The Morgan fingerprint density at radius 2 is 1.89 bits per heavy atom. The standard InChI is InChI=1S/C15H28N2O/c1-3-15-14(11-18-15)17(13-4-5-13)10-12-6-8-16(2)9-7-12/h12-15H,3-11H2,1-2H3. The van der Waals surface area contributed by atoms with Gasteiger partial charge in [0.15, 0.2) is 0 Å². The first kappa shape index (κ1) is 12.9. The zero-order valence-electron chi connectivity index (χ0n) is 12.0. The Balaban J connectivity index is 1.54. The van der Waals surface area contributed by atoms with Crippen LogP contribution in [0.15, 0.2) is 0 Å². The molecule has 3 heteroatoms. The van der Waals surface area contributed by atoms with Crippen LogP contribution in [-0.2, 0) is 4.74 Å². The van der Waals surface area contributed by atoms with Gasteiger partial charge in [0, 0.05) is 12.6 Å². The minimum atomic E-state index is 0.525. The number of rotatable bonds is 5. The van der Waals surface area contributed by atoms with Gasteiger partial charge in [-0.2, -0.15) is 0 Å². The summed E-state index contributed by atoms with van der Waals surface area (Å²) < 4.78 is 5.71. The van der Waals surface area contributed by atoms with Gasteiger partial charge in [0.2, 0.25) is 0 Å². The Labute approximate surface area is 111 Å². The molecule has 3 fully saturated rings.